The van der Waals surface area contributed by atoms with Crippen molar-refractivity contribution in [2.24, 2.45) is 0 Å². The van der Waals surface area contributed by atoms with Crippen LogP contribution in [0.1, 0.15) is 64.0 Å². The van der Waals surface area contributed by atoms with Crippen molar-refractivity contribution in [2.75, 3.05) is 11.1 Å². The molecular weight excluding hydrogens is 358 g/mol. The highest BCUT2D eigenvalue weighted by molar-refractivity contribution is 5.79. The molecule has 1 aliphatic carbocycles. The van der Waals surface area contributed by atoms with Gasteiger partial charge in [0.1, 0.15) is 0 Å². The van der Waals surface area contributed by atoms with Gasteiger partial charge in [-0.15, -0.1) is 0 Å². The van der Waals surface area contributed by atoms with E-state index in [1.807, 2.05) is 26.0 Å². The number of rotatable bonds is 6. The van der Waals surface area contributed by atoms with E-state index in [2.05, 4.69) is 54.0 Å². The summed E-state index contributed by atoms with van der Waals surface area (Å²) in [6, 6.07) is 16.7. The average Bonchev–Trinajstić information content (AvgIpc) is 2.78. The van der Waals surface area contributed by atoms with Crippen LogP contribution in [0.4, 0.5) is 11.4 Å². The normalized spacial score (nSPS) is 13.6. The number of nitrogens with two attached hydrogens (primary N) is 1. The molecule has 0 atom stereocenters. The molecule has 1 saturated carbocycles. The SMILES string of the molecule is C/C=C/c1ccc(CNC2CCCCC2)cc1.CC.Nc1ccccc1NC=O. The van der Waals surface area contributed by atoms with E-state index in [1.165, 1.54) is 43.2 Å². The number of carbonyl (C=O) groups excluding carboxylic acids is 1. The molecule has 2 aromatic carbocycles. The van der Waals surface area contributed by atoms with Gasteiger partial charge in [-0.3, -0.25) is 4.79 Å². The zero-order chi connectivity index (χ0) is 21.3. The molecule has 29 heavy (non-hydrogen) atoms. The minimum absolute atomic E-state index is 0.578. The van der Waals surface area contributed by atoms with E-state index in [1.54, 1.807) is 12.1 Å². The predicted octanol–water partition coefficient (Wildman–Crippen LogP) is 6.01. The van der Waals surface area contributed by atoms with Crippen LogP contribution < -0.4 is 16.4 Å². The summed E-state index contributed by atoms with van der Waals surface area (Å²) in [5, 5.41) is 6.14. The summed E-state index contributed by atoms with van der Waals surface area (Å²) in [5.41, 5.74) is 9.39. The van der Waals surface area contributed by atoms with Gasteiger partial charge < -0.3 is 16.4 Å². The summed E-state index contributed by atoms with van der Waals surface area (Å²) in [5.74, 6) is 0. The van der Waals surface area contributed by atoms with Gasteiger partial charge >= 0.3 is 0 Å². The number of allylic oxidation sites excluding steroid dienone is 1. The van der Waals surface area contributed by atoms with Crippen molar-refractivity contribution in [1.82, 2.24) is 5.32 Å². The Labute approximate surface area is 176 Å². The molecule has 0 aliphatic heterocycles. The van der Waals surface area contributed by atoms with Crippen molar-refractivity contribution >= 4 is 23.9 Å². The first kappa shape index (κ1) is 24.4. The average molecular weight is 396 g/mol. The van der Waals surface area contributed by atoms with Gasteiger partial charge in [0.05, 0.1) is 11.4 Å². The molecule has 0 radical (unpaired) electrons. The van der Waals surface area contributed by atoms with Crippen LogP contribution in [0.15, 0.2) is 54.6 Å². The number of para-hydroxylation sites is 2. The second kappa shape index (κ2) is 15.3. The molecule has 4 heteroatoms. The van der Waals surface area contributed by atoms with Crippen LogP contribution >= 0.6 is 0 Å². The lowest BCUT2D eigenvalue weighted by Gasteiger charge is -2.22. The molecule has 0 bridgehead atoms. The summed E-state index contributed by atoms with van der Waals surface area (Å²) < 4.78 is 0. The number of benzene rings is 2. The van der Waals surface area contributed by atoms with E-state index >= 15 is 0 Å². The summed E-state index contributed by atoms with van der Waals surface area (Å²) in [7, 11) is 0. The van der Waals surface area contributed by atoms with Crippen LogP contribution in [0.2, 0.25) is 0 Å². The Morgan fingerprint density at radius 3 is 2.24 bits per heavy atom. The van der Waals surface area contributed by atoms with E-state index in [0.29, 0.717) is 17.8 Å². The lowest BCUT2D eigenvalue weighted by atomic mass is 9.95. The van der Waals surface area contributed by atoms with Gasteiger partial charge in [-0.05, 0) is 43.0 Å². The fraction of sp³-hybridized carbons (Fsp3) is 0.400. The molecule has 4 nitrogen and oxygen atoms in total. The standard InChI is InChI=1S/C16H23N.C7H8N2O.C2H6/c1-2-6-14-9-11-15(12-10-14)13-17-16-7-4-3-5-8-16;8-6-3-1-2-4-7(6)9-5-10;1-2/h2,6,9-12,16-17H,3-5,7-8,13H2,1H3;1-5H,8H2,(H,9,10);1-2H3/b6-2+;;. The van der Waals surface area contributed by atoms with Crippen molar-refractivity contribution < 1.29 is 4.79 Å². The summed E-state index contributed by atoms with van der Waals surface area (Å²) in [6.07, 6.45) is 11.8. The molecule has 158 valence electrons. The predicted molar refractivity (Wildman–Crippen MR) is 127 cm³/mol. The number of nitrogens with one attached hydrogen (secondary N) is 2. The van der Waals surface area contributed by atoms with Gasteiger partial charge in [0.15, 0.2) is 0 Å². The van der Waals surface area contributed by atoms with Crippen molar-refractivity contribution in [3.05, 3.63) is 65.7 Å². The largest absolute Gasteiger partial charge is 0.397 e. The summed E-state index contributed by atoms with van der Waals surface area (Å²) in [4.78, 5) is 9.96. The topological polar surface area (TPSA) is 67.2 Å². The van der Waals surface area contributed by atoms with Crippen LogP contribution in [0.25, 0.3) is 6.08 Å². The third-order valence-electron chi connectivity index (χ3n) is 4.71. The number of hydrogen-bond acceptors (Lipinski definition) is 3. The minimum atomic E-state index is 0.578. The highest BCUT2D eigenvalue weighted by Gasteiger charge is 2.11. The minimum Gasteiger partial charge on any atom is -0.397 e. The van der Waals surface area contributed by atoms with Gasteiger partial charge in [-0.25, -0.2) is 0 Å². The van der Waals surface area contributed by atoms with E-state index < -0.39 is 0 Å². The Kier molecular flexibility index (Phi) is 12.9. The lowest BCUT2D eigenvalue weighted by Crippen LogP contribution is -2.30. The van der Waals surface area contributed by atoms with Crippen LogP contribution in [0, 0.1) is 0 Å². The van der Waals surface area contributed by atoms with Crippen LogP contribution in [0.3, 0.4) is 0 Å². The van der Waals surface area contributed by atoms with Crippen LogP contribution in [-0.4, -0.2) is 12.5 Å². The zero-order valence-electron chi connectivity index (χ0n) is 18.2. The molecule has 0 unspecified atom stereocenters. The summed E-state index contributed by atoms with van der Waals surface area (Å²) >= 11 is 0. The second-order valence-electron chi connectivity index (χ2n) is 6.81. The maximum Gasteiger partial charge on any atom is 0.211 e. The first-order chi connectivity index (χ1) is 14.2. The fourth-order valence-corrected chi connectivity index (χ4v) is 3.20. The van der Waals surface area contributed by atoms with Crippen LogP contribution in [-0.2, 0) is 11.3 Å². The van der Waals surface area contributed by atoms with Crippen molar-refractivity contribution in [3.8, 4) is 0 Å². The molecule has 0 heterocycles. The number of hydrogen-bond donors (Lipinski definition) is 3. The maximum absolute atomic E-state index is 9.96. The fourth-order valence-electron chi connectivity index (χ4n) is 3.20. The van der Waals surface area contributed by atoms with Gasteiger partial charge in [-0.2, -0.15) is 0 Å². The highest BCUT2D eigenvalue weighted by Crippen LogP contribution is 2.18. The van der Waals surface area contributed by atoms with Gasteiger partial charge in [0.2, 0.25) is 6.41 Å². The maximum atomic E-state index is 9.96. The van der Waals surface area contributed by atoms with Crippen molar-refractivity contribution in [2.45, 2.75) is 65.5 Å². The highest BCUT2D eigenvalue weighted by atomic mass is 16.1. The van der Waals surface area contributed by atoms with Crippen molar-refractivity contribution in [1.29, 1.82) is 0 Å². The van der Waals surface area contributed by atoms with E-state index in [4.69, 9.17) is 5.73 Å². The Hall–Kier alpha value is -2.59. The molecule has 0 saturated heterocycles. The smallest absolute Gasteiger partial charge is 0.211 e. The number of amides is 1. The monoisotopic (exact) mass is 395 g/mol. The Morgan fingerprint density at radius 1 is 1.00 bits per heavy atom. The molecule has 1 aliphatic rings. The molecule has 0 spiro atoms. The molecule has 1 amide bonds. The third-order valence-corrected chi connectivity index (χ3v) is 4.71. The lowest BCUT2D eigenvalue weighted by molar-refractivity contribution is -0.105. The molecular formula is C25H37N3O. The van der Waals surface area contributed by atoms with Gasteiger partial charge in [0, 0.05) is 12.6 Å². The molecule has 4 N–H and O–H groups in total. The van der Waals surface area contributed by atoms with Crippen molar-refractivity contribution in [3.63, 3.8) is 0 Å². The van der Waals surface area contributed by atoms with Gasteiger partial charge in [0.25, 0.3) is 0 Å². The van der Waals surface area contributed by atoms with E-state index in [0.717, 1.165) is 12.6 Å². The quantitative estimate of drug-likeness (QED) is 0.415. The molecule has 1 fully saturated rings. The number of anilines is 2. The van der Waals surface area contributed by atoms with Crippen LogP contribution in [0.5, 0.6) is 0 Å². The van der Waals surface area contributed by atoms with E-state index in [-0.39, 0.29) is 0 Å². The van der Waals surface area contributed by atoms with E-state index in [9.17, 15) is 4.79 Å². The summed E-state index contributed by atoms with van der Waals surface area (Å²) in [6.45, 7) is 7.07. The number of carbonyl (C=O) groups is 1. The first-order valence-electron chi connectivity index (χ1n) is 10.7. The molecule has 2 aromatic rings. The number of nitrogen functional groups attached to an aromatic ring is 1. The molecule has 3 rings (SSSR count). The Bertz CT molecular complexity index is 704. The van der Waals surface area contributed by atoms with Gasteiger partial charge in [-0.1, -0.05) is 81.7 Å². The first-order valence-corrected chi connectivity index (χ1v) is 10.7. The Balaban J connectivity index is 0.000000299. The third kappa shape index (κ3) is 9.95. The zero-order valence-corrected chi connectivity index (χ0v) is 18.2. The second-order valence-corrected chi connectivity index (χ2v) is 6.81. The molecule has 0 aromatic heterocycles. The Morgan fingerprint density at radius 2 is 1.66 bits per heavy atom.